The Morgan fingerprint density at radius 1 is 1.20 bits per heavy atom. The van der Waals surface area contributed by atoms with Gasteiger partial charge in [0.15, 0.2) is 0 Å². The maximum absolute atomic E-state index is 12.9. The molecule has 1 aromatic carbocycles. The molecule has 0 aromatic heterocycles. The molecular weight excluding hydrogens is 259 g/mol. The second-order valence-electron chi connectivity index (χ2n) is 4.56. The molecule has 0 atom stereocenters. The fourth-order valence-corrected chi connectivity index (χ4v) is 2.04. The third-order valence-electron chi connectivity index (χ3n) is 3.19. The predicted octanol–water partition coefficient (Wildman–Crippen LogP) is 1.88. The summed E-state index contributed by atoms with van der Waals surface area (Å²) in [7, 11) is 0. The van der Waals surface area contributed by atoms with Crippen LogP contribution in [0, 0.1) is 5.82 Å². The van der Waals surface area contributed by atoms with Crippen molar-refractivity contribution in [3.63, 3.8) is 0 Å². The van der Waals surface area contributed by atoms with Crippen LogP contribution in [0.4, 0.5) is 10.1 Å². The lowest BCUT2D eigenvalue weighted by molar-refractivity contribution is -0.119. The molecule has 1 aromatic rings. The number of halogens is 1. The monoisotopic (exact) mass is 282 g/mol. The van der Waals surface area contributed by atoms with E-state index in [1.165, 1.54) is 12.1 Å². The Labute approximate surface area is 119 Å². The van der Waals surface area contributed by atoms with Gasteiger partial charge in [0.1, 0.15) is 5.82 Å². The van der Waals surface area contributed by atoms with E-state index in [9.17, 15) is 9.18 Å². The van der Waals surface area contributed by atoms with E-state index in [4.69, 9.17) is 5.11 Å². The topological polar surface area (TPSA) is 43.8 Å². The number of hydrogen-bond donors (Lipinski definition) is 1. The van der Waals surface area contributed by atoms with Gasteiger partial charge in [-0.2, -0.15) is 0 Å². The van der Waals surface area contributed by atoms with E-state index in [2.05, 4.69) is 0 Å². The Bertz CT molecular complexity index is 409. The molecule has 0 unspecified atom stereocenters. The summed E-state index contributed by atoms with van der Waals surface area (Å²) in [5, 5.41) is 8.85. The van der Waals surface area contributed by atoms with Crippen LogP contribution in [-0.4, -0.2) is 48.7 Å². The Morgan fingerprint density at radius 2 is 1.85 bits per heavy atom. The summed E-state index contributed by atoms with van der Waals surface area (Å²) in [6.45, 7) is 6.31. The summed E-state index contributed by atoms with van der Waals surface area (Å²) >= 11 is 0. The van der Waals surface area contributed by atoms with Crippen molar-refractivity contribution in [2.75, 3.05) is 37.7 Å². The van der Waals surface area contributed by atoms with Gasteiger partial charge in [-0.25, -0.2) is 4.39 Å². The molecule has 0 spiro atoms. The fraction of sp³-hybridized carbons (Fsp3) is 0.533. The molecule has 20 heavy (non-hydrogen) atoms. The van der Waals surface area contributed by atoms with Crippen LogP contribution in [0.5, 0.6) is 0 Å². The predicted molar refractivity (Wildman–Crippen MR) is 78.2 cm³/mol. The summed E-state index contributed by atoms with van der Waals surface area (Å²) in [5.74, 6) is -0.325. The summed E-state index contributed by atoms with van der Waals surface area (Å²) in [5.41, 5.74) is 0.706. The molecule has 0 aliphatic heterocycles. The molecule has 0 aliphatic carbocycles. The van der Waals surface area contributed by atoms with Crippen LogP contribution in [0.15, 0.2) is 24.3 Å². The van der Waals surface area contributed by atoms with E-state index in [0.717, 1.165) is 6.54 Å². The Kier molecular flexibility index (Phi) is 7.18. The van der Waals surface area contributed by atoms with Gasteiger partial charge in [0.2, 0.25) is 5.91 Å². The van der Waals surface area contributed by atoms with E-state index >= 15 is 0 Å². The molecule has 0 aliphatic rings. The normalized spacial score (nSPS) is 10.8. The van der Waals surface area contributed by atoms with Gasteiger partial charge >= 0.3 is 0 Å². The highest BCUT2D eigenvalue weighted by atomic mass is 19.1. The van der Waals surface area contributed by atoms with Gasteiger partial charge in [-0.05, 0) is 44.2 Å². The molecule has 0 radical (unpaired) electrons. The fourth-order valence-electron chi connectivity index (χ4n) is 2.04. The molecule has 0 bridgehead atoms. The highest BCUT2D eigenvalue weighted by Gasteiger charge is 2.16. The molecule has 112 valence electrons. The highest BCUT2D eigenvalue weighted by molar-refractivity contribution is 5.94. The van der Waals surface area contributed by atoms with Crippen molar-refractivity contribution in [2.24, 2.45) is 0 Å². The molecule has 0 saturated heterocycles. The van der Waals surface area contributed by atoms with Crippen LogP contribution in [-0.2, 0) is 4.79 Å². The van der Waals surface area contributed by atoms with Crippen molar-refractivity contribution >= 4 is 11.6 Å². The second-order valence-corrected chi connectivity index (χ2v) is 4.56. The minimum Gasteiger partial charge on any atom is -0.396 e. The lowest BCUT2D eigenvalue weighted by Gasteiger charge is -2.26. The molecule has 5 heteroatoms. The first-order chi connectivity index (χ1) is 9.62. The van der Waals surface area contributed by atoms with Gasteiger partial charge < -0.3 is 10.0 Å². The minimum atomic E-state index is -0.310. The van der Waals surface area contributed by atoms with Crippen LogP contribution in [0.25, 0.3) is 0 Å². The van der Waals surface area contributed by atoms with Gasteiger partial charge in [-0.3, -0.25) is 9.69 Å². The van der Waals surface area contributed by atoms with Gasteiger partial charge in [0, 0.05) is 25.4 Å². The number of carbonyl (C=O) groups excluding carboxylic acids is 1. The average molecular weight is 282 g/mol. The van der Waals surface area contributed by atoms with Crippen LogP contribution >= 0.6 is 0 Å². The first-order valence-electron chi connectivity index (χ1n) is 7.01. The Morgan fingerprint density at radius 3 is 2.35 bits per heavy atom. The molecule has 1 N–H and O–H groups in total. The van der Waals surface area contributed by atoms with Crippen molar-refractivity contribution in [3.8, 4) is 0 Å². The van der Waals surface area contributed by atoms with Gasteiger partial charge in [-0.15, -0.1) is 0 Å². The molecule has 0 heterocycles. The number of benzene rings is 1. The Balaban J connectivity index is 2.68. The molecule has 0 fully saturated rings. The zero-order chi connectivity index (χ0) is 15.0. The average Bonchev–Trinajstić information content (AvgIpc) is 2.46. The summed E-state index contributed by atoms with van der Waals surface area (Å²) in [6.07, 6.45) is 0.657. The Hall–Kier alpha value is -1.46. The summed E-state index contributed by atoms with van der Waals surface area (Å²) < 4.78 is 12.9. The number of likely N-dealkylation sites (N-methyl/N-ethyl adjacent to an activating group) is 2. The van der Waals surface area contributed by atoms with Gasteiger partial charge in [0.05, 0.1) is 6.54 Å². The summed E-state index contributed by atoms with van der Waals surface area (Å²) in [4.78, 5) is 16.0. The SMILES string of the molecule is CCN(CCCO)CC(=O)N(CC)c1ccc(F)cc1. The van der Waals surface area contributed by atoms with Crippen molar-refractivity contribution < 1.29 is 14.3 Å². The van der Waals surface area contributed by atoms with Crippen LogP contribution in [0.1, 0.15) is 20.3 Å². The number of hydrogen-bond acceptors (Lipinski definition) is 3. The van der Waals surface area contributed by atoms with Crippen LogP contribution in [0.2, 0.25) is 0 Å². The number of anilines is 1. The summed E-state index contributed by atoms with van der Waals surface area (Å²) in [6, 6.07) is 5.94. The van der Waals surface area contributed by atoms with Crippen molar-refractivity contribution in [1.82, 2.24) is 4.90 Å². The van der Waals surface area contributed by atoms with Crippen molar-refractivity contribution in [2.45, 2.75) is 20.3 Å². The molecule has 4 nitrogen and oxygen atoms in total. The molecule has 1 amide bonds. The maximum atomic E-state index is 12.9. The smallest absolute Gasteiger partial charge is 0.241 e. The van der Waals surface area contributed by atoms with Gasteiger partial charge in [0.25, 0.3) is 0 Å². The number of amides is 1. The lowest BCUT2D eigenvalue weighted by atomic mass is 10.2. The third-order valence-corrected chi connectivity index (χ3v) is 3.19. The molecular formula is C15H23FN2O2. The van der Waals surface area contributed by atoms with Crippen LogP contribution in [0.3, 0.4) is 0 Å². The first-order valence-corrected chi connectivity index (χ1v) is 7.01. The van der Waals surface area contributed by atoms with E-state index in [1.807, 2.05) is 18.7 Å². The zero-order valence-corrected chi connectivity index (χ0v) is 12.2. The van der Waals surface area contributed by atoms with Crippen molar-refractivity contribution in [1.29, 1.82) is 0 Å². The zero-order valence-electron chi connectivity index (χ0n) is 12.2. The second kappa shape index (κ2) is 8.66. The highest BCUT2D eigenvalue weighted by Crippen LogP contribution is 2.15. The maximum Gasteiger partial charge on any atom is 0.241 e. The minimum absolute atomic E-state index is 0.0149. The lowest BCUT2D eigenvalue weighted by Crippen LogP contribution is -2.41. The van der Waals surface area contributed by atoms with Gasteiger partial charge in [-0.1, -0.05) is 6.92 Å². The number of rotatable bonds is 8. The molecule has 0 saturated carbocycles. The number of carbonyl (C=O) groups is 1. The quantitative estimate of drug-likeness (QED) is 0.792. The number of aliphatic hydroxyl groups excluding tert-OH is 1. The third kappa shape index (κ3) is 4.90. The van der Waals surface area contributed by atoms with E-state index in [-0.39, 0.29) is 18.3 Å². The molecule has 1 rings (SSSR count). The number of aliphatic hydroxyl groups is 1. The largest absolute Gasteiger partial charge is 0.396 e. The standard InChI is InChI=1S/C15H23FN2O2/c1-3-17(10-5-11-19)12-15(20)18(4-2)14-8-6-13(16)7-9-14/h6-9,19H,3-5,10-12H2,1-2H3. The van der Waals surface area contributed by atoms with E-state index in [1.54, 1.807) is 17.0 Å². The number of nitrogens with zero attached hydrogens (tertiary/aromatic N) is 2. The first kappa shape index (κ1) is 16.6. The van der Waals surface area contributed by atoms with Crippen LogP contribution < -0.4 is 4.90 Å². The van der Waals surface area contributed by atoms with E-state index < -0.39 is 0 Å². The van der Waals surface area contributed by atoms with Crippen molar-refractivity contribution in [3.05, 3.63) is 30.1 Å². The van der Waals surface area contributed by atoms with E-state index in [0.29, 0.717) is 31.7 Å².